The van der Waals surface area contributed by atoms with E-state index in [0.717, 1.165) is 10.5 Å². The van der Waals surface area contributed by atoms with Gasteiger partial charge >= 0.3 is 6.09 Å². The van der Waals surface area contributed by atoms with Crippen molar-refractivity contribution in [1.82, 2.24) is 4.90 Å². The summed E-state index contributed by atoms with van der Waals surface area (Å²) >= 11 is 4.93. The molecular weight excluding hydrogens is 288 g/mol. The first-order valence-electron chi connectivity index (χ1n) is 6.71. The van der Waals surface area contributed by atoms with Gasteiger partial charge in [-0.05, 0) is 45.0 Å². The summed E-state index contributed by atoms with van der Waals surface area (Å²) in [6.07, 6.45) is -0.210. The van der Waals surface area contributed by atoms with Gasteiger partial charge in [0.2, 0.25) is 0 Å². The van der Waals surface area contributed by atoms with E-state index in [2.05, 4.69) is 0 Å². The van der Waals surface area contributed by atoms with Gasteiger partial charge in [0.1, 0.15) is 5.60 Å². The van der Waals surface area contributed by atoms with Crippen LogP contribution in [0.1, 0.15) is 26.3 Å². The number of hydrogen-bond acceptors (Lipinski definition) is 4. The molecule has 0 heterocycles. The summed E-state index contributed by atoms with van der Waals surface area (Å²) < 4.78 is 5.29. The molecule has 1 aromatic carbocycles. The number of aliphatic hydroxyl groups excluding tert-OH is 1. The summed E-state index contributed by atoms with van der Waals surface area (Å²) in [6, 6.07) is 8.95. The van der Waals surface area contributed by atoms with E-state index in [9.17, 15) is 9.90 Å². The third-order valence-corrected chi connectivity index (χ3v) is 2.91. The Kier molecular flexibility index (Phi) is 6.11. The Morgan fingerprint density at radius 2 is 1.95 bits per heavy atom. The van der Waals surface area contributed by atoms with E-state index in [-0.39, 0.29) is 11.7 Å². The minimum Gasteiger partial charge on any atom is -0.443 e. The van der Waals surface area contributed by atoms with Crippen LogP contribution < -0.4 is 5.73 Å². The molecule has 1 rings (SSSR count). The predicted molar refractivity (Wildman–Crippen MR) is 85.9 cm³/mol. The fourth-order valence-electron chi connectivity index (χ4n) is 1.85. The Bertz CT molecular complexity index is 485. The smallest absolute Gasteiger partial charge is 0.416 e. The van der Waals surface area contributed by atoms with E-state index < -0.39 is 17.7 Å². The van der Waals surface area contributed by atoms with Gasteiger partial charge in [0.05, 0.1) is 12.6 Å². The van der Waals surface area contributed by atoms with Crippen LogP contribution in [0, 0.1) is 0 Å². The molecule has 1 amide bonds. The van der Waals surface area contributed by atoms with Gasteiger partial charge in [0.15, 0.2) is 5.11 Å². The number of carbonyl (C=O) groups excluding carboxylic acids is 1. The van der Waals surface area contributed by atoms with Crippen molar-refractivity contribution in [3.8, 4) is 0 Å². The number of thiocarbonyl (C=S) groups is 1. The van der Waals surface area contributed by atoms with E-state index in [1.54, 1.807) is 20.8 Å². The lowest BCUT2D eigenvalue weighted by molar-refractivity contribution is 0.0267. The van der Waals surface area contributed by atoms with Crippen LogP contribution in [0.2, 0.25) is 0 Å². The van der Waals surface area contributed by atoms with Crippen molar-refractivity contribution >= 4 is 23.4 Å². The molecule has 0 saturated carbocycles. The van der Waals surface area contributed by atoms with Crippen LogP contribution in [0.25, 0.3) is 0 Å². The molecule has 21 heavy (non-hydrogen) atoms. The van der Waals surface area contributed by atoms with Crippen molar-refractivity contribution in [2.45, 2.75) is 38.8 Å². The maximum atomic E-state index is 12.2. The van der Waals surface area contributed by atoms with Crippen molar-refractivity contribution in [2.75, 3.05) is 6.61 Å². The van der Waals surface area contributed by atoms with Crippen LogP contribution >= 0.6 is 12.2 Å². The molecule has 0 spiro atoms. The van der Waals surface area contributed by atoms with Crippen molar-refractivity contribution in [3.63, 3.8) is 0 Å². The van der Waals surface area contributed by atoms with Crippen LogP contribution in [0.4, 0.5) is 4.79 Å². The summed E-state index contributed by atoms with van der Waals surface area (Å²) in [4.78, 5) is 13.3. The zero-order valence-electron chi connectivity index (χ0n) is 12.6. The average Bonchev–Trinajstić information content (AvgIpc) is 2.36. The number of nitrogens with two attached hydrogens (primary N) is 1. The van der Waals surface area contributed by atoms with Gasteiger partial charge in [0, 0.05) is 0 Å². The Morgan fingerprint density at radius 3 is 2.38 bits per heavy atom. The molecule has 0 unspecified atom stereocenters. The molecule has 0 aliphatic heterocycles. The highest BCUT2D eigenvalue weighted by molar-refractivity contribution is 7.80. The lowest BCUT2D eigenvalue weighted by Gasteiger charge is -2.31. The first-order chi connectivity index (χ1) is 9.74. The molecule has 0 radical (unpaired) electrons. The number of nitrogens with zero attached hydrogens (tertiary/aromatic N) is 1. The monoisotopic (exact) mass is 310 g/mol. The standard InChI is InChI=1S/C15H22N2O3S/c1-15(2,3)20-14(19)17(13(16)21)12(10-18)9-11-7-5-4-6-8-11/h4-8,12,18H,9-10H2,1-3H3,(H2,16,21)/t12-/m0/s1. The van der Waals surface area contributed by atoms with Crippen molar-refractivity contribution in [3.05, 3.63) is 35.9 Å². The molecule has 0 fully saturated rings. The van der Waals surface area contributed by atoms with E-state index in [0.29, 0.717) is 6.42 Å². The van der Waals surface area contributed by atoms with Gasteiger partial charge in [0.25, 0.3) is 0 Å². The minimum absolute atomic E-state index is 0.112. The van der Waals surface area contributed by atoms with Gasteiger partial charge in [-0.1, -0.05) is 30.3 Å². The molecule has 116 valence electrons. The zero-order valence-corrected chi connectivity index (χ0v) is 13.4. The van der Waals surface area contributed by atoms with Gasteiger partial charge in [-0.3, -0.25) is 0 Å². The minimum atomic E-state index is -0.660. The molecule has 0 saturated heterocycles. The summed E-state index contributed by atoms with van der Waals surface area (Å²) in [5.41, 5.74) is 5.95. The fraction of sp³-hybridized carbons (Fsp3) is 0.467. The average molecular weight is 310 g/mol. The van der Waals surface area contributed by atoms with Crippen LogP contribution in [-0.4, -0.2) is 39.5 Å². The summed E-state index contributed by atoms with van der Waals surface area (Å²) in [6.45, 7) is 5.01. The Hall–Kier alpha value is -1.66. The first-order valence-corrected chi connectivity index (χ1v) is 7.12. The van der Waals surface area contributed by atoms with Crippen LogP contribution in [-0.2, 0) is 11.2 Å². The zero-order chi connectivity index (χ0) is 16.0. The van der Waals surface area contributed by atoms with Crippen molar-refractivity contribution < 1.29 is 14.6 Å². The molecule has 1 aromatic rings. The lowest BCUT2D eigenvalue weighted by Crippen LogP contribution is -2.51. The molecule has 0 aromatic heterocycles. The molecule has 6 heteroatoms. The van der Waals surface area contributed by atoms with Gasteiger partial charge in [-0.2, -0.15) is 0 Å². The molecule has 5 nitrogen and oxygen atoms in total. The predicted octanol–water partition coefficient (Wildman–Crippen LogP) is 2.07. The number of aliphatic hydroxyl groups is 1. The van der Waals surface area contributed by atoms with Gasteiger partial charge in [-0.25, -0.2) is 9.69 Å². The highest BCUT2D eigenvalue weighted by atomic mass is 32.1. The normalized spacial score (nSPS) is 12.6. The molecule has 0 aliphatic carbocycles. The number of carbonyl (C=O) groups is 1. The quantitative estimate of drug-likeness (QED) is 0.833. The van der Waals surface area contributed by atoms with Crippen LogP contribution in [0.3, 0.4) is 0 Å². The highest BCUT2D eigenvalue weighted by Gasteiger charge is 2.30. The Labute approximate surface area is 130 Å². The Morgan fingerprint density at radius 1 is 1.38 bits per heavy atom. The second-order valence-electron chi connectivity index (χ2n) is 5.71. The largest absolute Gasteiger partial charge is 0.443 e. The second-order valence-corrected chi connectivity index (χ2v) is 6.13. The number of amides is 1. The van der Waals surface area contributed by atoms with E-state index in [1.165, 1.54) is 0 Å². The maximum absolute atomic E-state index is 12.2. The summed E-state index contributed by atoms with van der Waals surface area (Å²) in [7, 11) is 0. The van der Waals surface area contributed by atoms with E-state index in [4.69, 9.17) is 22.7 Å². The number of ether oxygens (including phenoxy) is 1. The van der Waals surface area contributed by atoms with Gasteiger partial charge < -0.3 is 15.6 Å². The SMILES string of the molecule is CC(C)(C)OC(=O)N(C(N)=S)[C@H](CO)Cc1ccccc1. The second kappa shape index (κ2) is 7.38. The molecular formula is C15H22N2O3S. The van der Waals surface area contributed by atoms with E-state index in [1.807, 2.05) is 30.3 Å². The lowest BCUT2D eigenvalue weighted by atomic mass is 10.1. The van der Waals surface area contributed by atoms with Crippen molar-refractivity contribution in [1.29, 1.82) is 0 Å². The molecule has 1 atom stereocenters. The van der Waals surface area contributed by atoms with Gasteiger partial charge in [-0.15, -0.1) is 0 Å². The van der Waals surface area contributed by atoms with Crippen LogP contribution in [0.5, 0.6) is 0 Å². The first kappa shape index (κ1) is 17.4. The molecule has 0 bridgehead atoms. The Balaban J connectivity index is 2.91. The summed E-state index contributed by atoms with van der Waals surface area (Å²) in [5.74, 6) is 0. The number of rotatable bonds is 4. The van der Waals surface area contributed by atoms with E-state index >= 15 is 0 Å². The number of benzene rings is 1. The maximum Gasteiger partial charge on any atom is 0.416 e. The number of hydrogen-bond donors (Lipinski definition) is 2. The topological polar surface area (TPSA) is 75.8 Å². The third-order valence-electron chi connectivity index (χ3n) is 2.72. The fourth-order valence-corrected chi connectivity index (χ4v) is 2.08. The summed E-state index contributed by atoms with van der Waals surface area (Å²) in [5, 5.41) is 9.48. The van der Waals surface area contributed by atoms with Crippen LogP contribution in [0.15, 0.2) is 30.3 Å². The molecule has 0 aliphatic rings. The van der Waals surface area contributed by atoms with Crippen molar-refractivity contribution in [2.24, 2.45) is 5.73 Å². The molecule has 3 N–H and O–H groups in total. The highest BCUT2D eigenvalue weighted by Crippen LogP contribution is 2.15. The third kappa shape index (κ3) is 5.69.